The minimum absolute atomic E-state index is 0.0292. The molecule has 0 aliphatic carbocycles. The van der Waals surface area contributed by atoms with Crippen LogP contribution >= 0.6 is 22.9 Å². The van der Waals surface area contributed by atoms with Crippen LogP contribution in [0.5, 0.6) is 0 Å². The highest BCUT2D eigenvalue weighted by atomic mass is 35.5. The third-order valence-electron chi connectivity index (χ3n) is 3.96. The highest BCUT2D eigenvalue weighted by Gasteiger charge is 2.28. The van der Waals surface area contributed by atoms with Crippen LogP contribution in [0.3, 0.4) is 0 Å². The molecule has 0 unspecified atom stereocenters. The second kappa shape index (κ2) is 7.78. The Hall–Kier alpha value is -2.62. The molecule has 2 aromatic heterocycles. The summed E-state index contributed by atoms with van der Waals surface area (Å²) in [5.41, 5.74) is -0.0202. The Bertz CT molecular complexity index is 1040. The zero-order valence-corrected chi connectivity index (χ0v) is 16.5. The number of hydrogen-bond donors (Lipinski definition) is 3. The van der Waals surface area contributed by atoms with Gasteiger partial charge in [0.05, 0.1) is 28.6 Å². The molecule has 0 aliphatic rings. The van der Waals surface area contributed by atoms with Crippen molar-refractivity contribution in [1.29, 1.82) is 0 Å². The summed E-state index contributed by atoms with van der Waals surface area (Å²) >= 11 is 7.16. The van der Waals surface area contributed by atoms with Gasteiger partial charge >= 0.3 is 6.09 Å². The van der Waals surface area contributed by atoms with Crippen LogP contribution in [0.2, 0.25) is 5.28 Å². The molecule has 2 heterocycles. The topological polar surface area (TPSA) is 108 Å². The van der Waals surface area contributed by atoms with Crippen molar-refractivity contribution in [2.75, 3.05) is 11.9 Å². The molecule has 0 saturated heterocycles. The van der Waals surface area contributed by atoms with Gasteiger partial charge in [0.25, 0.3) is 0 Å². The number of aliphatic hydroxyl groups is 1. The standard InChI is InChI=1S/C18H16ClFN4O3S/c1-18(2,8-25)15-24-13(14(28-15)11-6-7-21-16(19)22-11)9-4-3-5-10(12(9)20)23-17(26)27/h3-7,23,25H,8H2,1-2H3,(H,26,27). The fourth-order valence-corrected chi connectivity index (χ4v) is 3.71. The summed E-state index contributed by atoms with van der Waals surface area (Å²) in [4.78, 5) is 24.0. The molecule has 3 rings (SSSR count). The molecule has 10 heteroatoms. The van der Waals surface area contributed by atoms with Crippen molar-refractivity contribution in [2.45, 2.75) is 19.3 Å². The Morgan fingerprint density at radius 1 is 1.32 bits per heavy atom. The van der Waals surface area contributed by atoms with E-state index in [1.165, 1.54) is 35.7 Å². The van der Waals surface area contributed by atoms with E-state index in [9.17, 15) is 9.90 Å². The van der Waals surface area contributed by atoms with Gasteiger partial charge in [-0.1, -0.05) is 19.9 Å². The lowest BCUT2D eigenvalue weighted by Crippen LogP contribution is -2.21. The van der Waals surface area contributed by atoms with Crippen LogP contribution in [0.15, 0.2) is 30.5 Å². The number of amides is 1. The first kappa shape index (κ1) is 20.1. The molecule has 0 aliphatic heterocycles. The average Bonchev–Trinajstić information content (AvgIpc) is 3.09. The van der Waals surface area contributed by atoms with Crippen molar-refractivity contribution in [3.05, 3.63) is 46.6 Å². The van der Waals surface area contributed by atoms with E-state index in [-0.39, 0.29) is 28.8 Å². The van der Waals surface area contributed by atoms with E-state index in [0.29, 0.717) is 15.6 Å². The lowest BCUT2D eigenvalue weighted by Gasteiger charge is -2.17. The fourth-order valence-electron chi connectivity index (χ4n) is 2.42. The number of anilines is 1. The van der Waals surface area contributed by atoms with Crippen LogP contribution < -0.4 is 5.32 Å². The largest absolute Gasteiger partial charge is 0.465 e. The van der Waals surface area contributed by atoms with Gasteiger partial charge in [-0.3, -0.25) is 5.32 Å². The Kier molecular flexibility index (Phi) is 5.59. The molecule has 28 heavy (non-hydrogen) atoms. The van der Waals surface area contributed by atoms with Crippen molar-refractivity contribution < 1.29 is 19.4 Å². The Morgan fingerprint density at radius 2 is 2.07 bits per heavy atom. The van der Waals surface area contributed by atoms with Crippen LogP contribution in [0.4, 0.5) is 14.9 Å². The van der Waals surface area contributed by atoms with Crippen LogP contribution in [0, 0.1) is 5.82 Å². The van der Waals surface area contributed by atoms with Gasteiger partial charge in [-0.2, -0.15) is 0 Å². The zero-order chi connectivity index (χ0) is 20.5. The minimum Gasteiger partial charge on any atom is -0.465 e. The number of thiazole rings is 1. The van der Waals surface area contributed by atoms with Crippen molar-refractivity contribution in [2.24, 2.45) is 0 Å². The van der Waals surface area contributed by atoms with Crippen molar-refractivity contribution in [3.8, 4) is 21.8 Å². The highest BCUT2D eigenvalue weighted by Crippen LogP contribution is 2.41. The number of aromatic nitrogens is 3. The summed E-state index contributed by atoms with van der Waals surface area (Å²) in [5, 5.41) is 21.2. The fraction of sp³-hybridized carbons (Fsp3) is 0.222. The van der Waals surface area contributed by atoms with Gasteiger partial charge in [-0.15, -0.1) is 11.3 Å². The molecule has 7 nitrogen and oxygen atoms in total. The molecule has 0 spiro atoms. The van der Waals surface area contributed by atoms with E-state index in [0.717, 1.165) is 0 Å². The summed E-state index contributed by atoms with van der Waals surface area (Å²) in [6.07, 6.45) is 0.100. The van der Waals surface area contributed by atoms with E-state index in [1.54, 1.807) is 6.07 Å². The molecule has 1 aromatic carbocycles. The number of rotatable bonds is 5. The predicted octanol–water partition coefficient (Wildman–Crippen LogP) is 4.42. The number of nitrogens with zero attached hydrogens (tertiary/aromatic N) is 3. The normalized spacial score (nSPS) is 11.5. The smallest absolute Gasteiger partial charge is 0.409 e. The van der Waals surface area contributed by atoms with Gasteiger partial charge in [-0.05, 0) is 29.8 Å². The number of nitrogens with one attached hydrogen (secondary N) is 1. The number of hydrogen-bond acceptors (Lipinski definition) is 6. The molecular weight excluding hydrogens is 407 g/mol. The predicted molar refractivity (Wildman–Crippen MR) is 105 cm³/mol. The Labute approximate surface area is 168 Å². The molecule has 0 radical (unpaired) electrons. The van der Waals surface area contributed by atoms with Gasteiger partial charge in [0.1, 0.15) is 5.01 Å². The molecular formula is C18H16ClFN4O3S. The molecule has 0 atom stereocenters. The number of benzene rings is 1. The first-order valence-corrected chi connectivity index (χ1v) is 9.32. The van der Waals surface area contributed by atoms with Gasteiger partial charge in [-0.25, -0.2) is 24.1 Å². The van der Waals surface area contributed by atoms with E-state index in [4.69, 9.17) is 16.7 Å². The molecule has 1 amide bonds. The van der Waals surface area contributed by atoms with E-state index >= 15 is 4.39 Å². The molecule has 3 aromatic rings. The van der Waals surface area contributed by atoms with Gasteiger partial charge in [0.15, 0.2) is 5.82 Å². The number of carboxylic acid groups (broad SMARTS) is 1. The van der Waals surface area contributed by atoms with Crippen LogP contribution in [0.25, 0.3) is 21.8 Å². The zero-order valence-electron chi connectivity index (χ0n) is 14.9. The second-order valence-corrected chi connectivity index (χ2v) is 7.88. The maximum Gasteiger partial charge on any atom is 0.409 e. The first-order valence-electron chi connectivity index (χ1n) is 8.13. The molecule has 0 saturated carbocycles. The van der Waals surface area contributed by atoms with E-state index < -0.39 is 17.3 Å². The summed E-state index contributed by atoms with van der Waals surface area (Å²) in [7, 11) is 0. The van der Waals surface area contributed by atoms with Crippen molar-refractivity contribution in [3.63, 3.8) is 0 Å². The average molecular weight is 423 g/mol. The monoisotopic (exact) mass is 422 g/mol. The summed E-state index contributed by atoms with van der Waals surface area (Å²) in [6, 6.07) is 5.96. The molecule has 3 N–H and O–H groups in total. The maximum absolute atomic E-state index is 15.0. The third-order valence-corrected chi connectivity index (χ3v) is 5.58. The summed E-state index contributed by atoms with van der Waals surface area (Å²) in [5.74, 6) is -0.759. The number of carbonyl (C=O) groups is 1. The summed E-state index contributed by atoms with van der Waals surface area (Å²) < 4.78 is 15.0. The lowest BCUT2D eigenvalue weighted by atomic mass is 9.96. The first-order chi connectivity index (χ1) is 13.2. The minimum atomic E-state index is -1.38. The molecule has 146 valence electrons. The van der Waals surface area contributed by atoms with Crippen molar-refractivity contribution >= 4 is 34.7 Å². The van der Waals surface area contributed by atoms with Crippen LogP contribution in [-0.2, 0) is 5.41 Å². The van der Waals surface area contributed by atoms with Gasteiger partial charge in [0.2, 0.25) is 5.28 Å². The van der Waals surface area contributed by atoms with Crippen LogP contribution in [-0.4, -0.2) is 37.9 Å². The molecule has 0 fully saturated rings. The molecule has 0 bridgehead atoms. The second-order valence-electron chi connectivity index (χ2n) is 6.55. The third kappa shape index (κ3) is 3.96. The van der Waals surface area contributed by atoms with E-state index in [1.807, 2.05) is 19.2 Å². The lowest BCUT2D eigenvalue weighted by molar-refractivity contribution is 0.209. The van der Waals surface area contributed by atoms with Crippen LogP contribution in [0.1, 0.15) is 18.9 Å². The highest BCUT2D eigenvalue weighted by molar-refractivity contribution is 7.15. The number of aliphatic hydroxyl groups excluding tert-OH is 1. The van der Waals surface area contributed by atoms with Gasteiger partial charge < -0.3 is 10.2 Å². The summed E-state index contributed by atoms with van der Waals surface area (Å²) in [6.45, 7) is 3.46. The Morgan fingerprint density at radius 3 is 2.71 bits per heavy atom. The quantitative estimate of drug-likeness (QED) is 0.525. The maximum atomic E-state index is 15.0. The number of halogens is 2. The Balaban J connectivity index is 2.24. The van der Waals surface area contributed by atoms with Gasteiger partial charge in [0, 0.05) is 17.2 Å². The van der Waals surface area contributed by atoms with E-state index in [2.05, 4.69) is 15.0 Å². The van der Waals surface area contributed by atoms with Crippen molar-refractivity contribution in [1.82, 2.24) is 15.0 Å². The SMILES string of the molecule is CC(C)(CO)c1nc(-c2cccc(NC(=O)O)c2F)c(-c2ccnc(Cl)n2)s1.